The monoisotopic (exact) mass is 382 g/mol. The van der Waals surface area contributed by atoms with Gasteiger partial charge in [0.25, 0.3) is 0 Å². The van der Waals surface area contributed by atoms with Crippen molar-refractivity contribution in [3.05, 3.63) is 24.6 Å². The molecule has 0 aromatic rings. The first kappa shape index (κ1) is 23.5. The number of rotatable bonds is 14. The van der Waals surface area contributed by atoms with Crippen LogP contribution in [0, 0.1) is 5.41 Å². The first-order valence-corrected chi connectivity index (χ1v) is 10.5. The third-order valence-electron chi connectivity index (χ3n) is 3.36. The molecule has 0 fully saturated rings. The van der Waals surface area contributed by atoms with Crippen molar-refractivity contribution in [1.29, 1.82) is 0 Å². The van der Waals surface area contributed by atoms with Crippen molar-refractivity contribution in [1.82, 2.24) is 10.6 Å². The lowest BCUT2D eigenvalue weighted by Gasteiger charge is -2.32. The van der Waals surface area contributed by atoms with Gasteiger partial charge in [0.2, 0.25) is 0 Å². The quantitative estimate of drug-likeness (QED) is 0.268. The van der Waals surface area contributed by atoms with Crippen LogP contribution in [-0.2, 0) is 13.6 Å². The molecule has 9 heteroatoms. The van der Waals surface area contributed by atoms with E-state index in [0.29, 0.717) is 18.7 Å². The van der Waals surface area contributed by atoms with Gasteiger partial charge in [-0.2, -0.15) is 11.8 Å². The van der Waals surface area contributed by atoms with Crippen LogP contribution in [0.1, 0.15) is 20.3 Å². The number of thioether (sulfide) groups is 1. The van der Waals surface area contributed by atoms with Crippen molar-refractivity contribution in [2.45, 2.75) is 26.4 Å². The fourth-order valence-corrected chi connectivity index (χ4v) is 2.65. The Kier molecular flexibility index (Phi) is 10.9. The van der Waals surface area contributed by atoms with Crippen molar-refractivity contribution >= 4 is 19.6 Å². The van der Waals surface area contributed by atoms with Crippen molar-refractivity contribution in [3.8, 4) is 0 Å². The van der Waals surface area contributed by atoms with Crippen LogP contribution in [0.4, 0.5) is 0 Å². The summed E-state index contributed by atoms with van der Waals surface area (Å²) < 4.78 is 20.6. The van der Waals surface area contributed by atoms with Crippen LogP contribution >= 0.6 is 19.6 Å². The summed E-state index contributed by atoms with van der Waals surface area (Å²) in [6, 6.07) is 0. The molecule has 7 nitrogen and oxygen atoms in total. The highest BCUT2D eigenvalue weighted by Crippen LogP contribution is 2.44. The van der Waals surface area contributed by atoms with Gasteiger partial charge >= 0.3 is 7.82 Å². The summed E-state index contributed by atoms with van der Waals surface area (Å²) in [5, 5.41) is 16.6. The SMILES string of the molecule is C=C(CCNC(=C)C(O)C(C)(C)COP(=O)(O)OC)NCCSC. The number of hydrogen-bond acceptors (Lipinski definition) is 7. The van der Waals surface area contributed by atoms with E-state index in [9.17, 15) is 14.6 Å². The molecular formula is C15H31N2O5PS. The van der Waals surface area contributed by atoms with E-state index in [1.165, 1.54) is 0 Å². The maximum atomic E-state index is 11.4. The molecule has 2 atom stereocenters. The Hall–Kier alpha value is -0.500. The fourth-order valence-electron chi connectivity index (χ4n) is 1.74. The summed E-state index contributed by atoms with van der Waals surface area (Å²) in [4.78, 5) is 9.27. The molecule has 0 radical (unpaired) electrons. The summed E-state index contributed by atoms with van der Waals surface area (Å²) >= 11 is 1.76. The summed E-state index contributed by atoms with van der Waals surface area (Å²) in [6.45, 7) is 12.5. The minimum absolute atomic E-state index is 0.153. The van der Waals surface area contributed by atoms with Crippen molar-refractivity contribution in [3.63, 3.8) is 0 Å². The lowest BCUT2D eigenvalue weighted by atomic mass is 9.86. The average molecular weight is 382 g/mol. The van der Waals surface area contributed by atoms with E-state index in [4.69, 9.17) is 4.52 Å². The standard InChI is InChI=1S/C15H31N2O5PS/c1-12(16-9-10-24-6)7-8-17-13(2)14(18)15(3,4)11-22-23(19,20)21-5/h14,16-18H,1-2,7-11H2,3-6H3,(H,19,20). The Morgan fingerprint density at radius 3 is 2.50 bits per heavy atom. The van der Waals surface area contributed by atoms with Gasteiger partial charge < -0.3 is 20.6 Å². The van der Waals surface area contributed by atoms with Crippen LogP contribution < -0.4 is 10.6 Å². The predicted octanol–water partition coefficient (Wildman–Crippen LogP) is 2.10. The maximum absolute atomic E-state index is 11.4. The predicted molar refractivity (Wildman–Crippen MR) is 99.9 cm³/mol. The second-order valence-electron chi connectivity index (χ2n) is 6.04. The lowest BCUT2D eigenvalue weighted by molar-refractivity contribution is 0.0234. The average Bonchev–Trinajstić information content (AvgIpc) is 2.52. The first-order valence-electron chi connectivity index (χ1n) is 7.60. The molecule has 0 aromatic heterocycles. The van der Waals surface area contributed by atoms with Gasteiger partial charge in [0, 0.05) is 49.2 Å². The number of phosphoric ester groups is 1. The van der Waals surface area contributed by atoms with E-state index in [1.807, 2.05) is 6.26 Å². The van der Waals surface area contributed by atoms with E-state index >= 15 is 0 Å². The number of nitrogens with one attached hydrogen (secondary N) is 2. The molecule has 0 aromatic carbocycles. The van der Waals surface area contributed by atoms with Crippen LogP contribution in [-0.4, -0.2) is 54.9 Å². The summed E-state index contributed by atoms with van der Waals surface area (Å²) in [5.41, 5.74) is 0.530. The molecule has 4 N–H and O–H groups in total. The van der Waals surface area contributed by atoms with Gasteiger partial charge in [0.05, 0.1) is 6.61 Å². The summed E-state index contributed by atoms with van der Waals surface area (Å²) in [5.74, 6) is 1.02. The zero-order valence-electron chi connectivity index (χ0n) is 15.0. The molecular weight excluding hydrogens is 351 g/mol. The summed E-state index contributed by atoms with van der Waals surface area (Å²) in [6.07, 6.45) is 1.80. The molecule has 0 spiro atoms. The Labute approximate surface area is 149 Å². The minimum atomic E-state index is -4.07. The second-order valence-corrected chi connectivity index (χ2v) is 8.59. The third-order valence-corrected chi connectivity index (χ3v) is 4.89. The molecule has 24 heavy (non-hydrogen) atoms. The smallest absolute Gasteiger partial charge is 0.388 e. The van der Waals surface area contributed by atoms with E-state index < -0.39 is 19.3 Å². The highest BCUT2D eigenvalue weighted by molar-refractivity contribution is 7.98. The fraction of sp³-hybridized carbons (Fsp3) is 0.733. The molecule has 0 rings (SSSR count). The number of phosphoric acid groups is 1. The molecule has 0 heterocycles. The maximum Gasteiger partial charge on any atom is 0.471 e. The van der Waals surface area contributed by atoms with E-state index in [2.05, 4.69) is 28.3 Å². The zero-order valence-corrected chi connectivity index (χ0v) is 16.7. The van der Waals surface area contributed by atoms with E-state index in [0.717, 1.165) is 25.1 Å². The zero-order chi connectivity index (χ0) is 18.8. The Morgan fingerprint density at radius 1 is 1.33 bits per heavy atom. The van der Waals surface area contributed by atoms with Gasteiger partial charge in [0.15, 0.2) is 0 Å². The van der Waals surface area contributed by atoms with Gasteiger partial charge in [0.1, 0.15) is 6.10 Å². The van der Waals surface area contributed by atoms with Gasteiger partial charge in [-0.05, 0) is 6.26 Å². The Bertz CT molecular complexity index is 459. The van der Waals surface area contributed by atoms with Crippen LogP contribution in [0.3, 0.4) is 0 Å². The molecule has 0 amide bonds. The minimum Gasteiger partial charge on any atom is -0.388 e. The first-order chi connectivity index (χ1) is 11.1. The van der Waals surface area contributed by atoms with E-state index in [-0.39, 0.29) is 6.61 Å². The van der Waals surface area contributed by atoms with Crippen molar-refractivity contribution in [2.24, 2.45) is 5.41 Å². The van der Waals surface area contributed by atoms with Crippen molar-refractivity contribution < 1.29 is 23.6 Å². The Morgan fingerprint density at radius 2 is 1.96 bits per heavy atom. The number of hydrogen-bond donors (Lipinski definition) is 4. The normalized spacial score (nSPS) is 15.4. The number of aliphatic hydroxyl groups excluding tert-OH is 1. The highest BCUT2D eigenvalue weighted by Gasteiger charge is 2.33. The topological polar surface area (TPSA) is 100 Å². The van der Waals surface area contributed by atoms with Crippen LogP contribution in [0.15, 0.2) is 24.6 Å². The largest absolute Gasteiger partial charge is 0.471 e. The molecule has 0 bridgehead atoms. The van der Waals surface area contributed by atoms with Crippen LogP contribution in [0.5, 0.6) is 0 Å². The molecule has 0 aliphatic carbocycles. The molecule has 2 unspecified atom stereocenters. The molecule has 0 aliphatic rings. The van der Waals surface area contributed by atoms with Crippen LogP contribution in [0.25, 0.3) is 0 Å². The molecule has 0 saturated heterocycles. The van der Waals surface area contributed by atoms with E-state index in [1.54, 1.807) is 25.6 Å². The second kappa shape index (κ2) is 11.2. The van der Waals surface area contributed by atoms with Gasteiger partial charge in [-0.25, -0.2) is 4.57 Å². The molecule has 0 saturated carbocycles. The number of aliphatic hydroxyl groups is 1. The molecule has 142 valence electrons. The van der Waals surface area contributed by atoms with Gasteiger partial charge in [-0.1, -0.05) is 27.0 Å². The molecule has 0 aliphatic heterocycles. The van der Waals surface area contributed by atoms with Gasteiger partial charge in [-0.3, -0.25) is 9.05 Å². The Balaban J connectivity index is 4.25. The van der Waals surface area contributed by atoms with Crippen molar-refractivity contribution in [2.75, 3.05) is 38.8 Å². The highest BCUT2D eigenvalue weighted by atomic mass is 32.2. The summed E-state index contributed by atoms with van der Waals surface area (Å²) in [7, 11) is -2.98. The lowest BCUT2D eigenvalue weighted by Crippen LogP contribution is -2.39. The van der Waals surface area contributed by atoms with Gasteiger partial charge in [-0.15, -0.1) is 0 Å². The van der Waals surface area contributed by atoms with Crippen LogP contribution in [0.2, 0.25) is 0 Å². The third kappa shape index (κ3) is 9.71.